The molecular formula is C12H16N4O2. The summed E-state index contributed by atoms with van der Waals surface area (Å²) < 4.78 is 0. The molecule has 0 unspecified atom stereocenters. The number of nitrogens with zero attached hydrogens (tertiary/aromatic N) is 1. The lowest BCUT2D eigenvalue weighted by atomic mass is 10.1. The van der Waals surface area contributed by atoms with Crippen molar-refractivity contribution in [3.8, 4) is 0 Å². The molecule has 4 N–H and O–H groups in total. The van der Waals surface area contributed by atoms with E-state index in [2.05, 4.69) is 10.7 Å². The van der Waals surface area contributed by atoms with Crippen LogP contribution in [-0.2, 0) is 4.79 Å². The Morgan fingerprint density at radius 3 is 2.94 bits per heavy atom. The van der Waals surface area contributed by atoms with Crippen molar-refractivity contribution < 1.29 is 9.59 Å². The van der Waals surface area contributed by atoms with Crippen molar-refractivity contribution in [2.75, 3.05) is 25.1 Å². The highest BCUT2D eigenvalue weighted by Crippen LogP contribution is 2.16. The van der Waals surface area contributed by atoms with E-state index in [1.54, 1.807) is 29.2 Å². The van der Waals surface area contributed by atoms with E-state index < -0.39 is 0 Å². The summed E-state index contributed by atoms with van der Waals surface area (Å²) in [6.07, 6.45) is 0.760. The SMILES string of the molecule is NNc1ccccc1C(=O)N1CCCNC(=O)C1. The van der Waals surface area contributed by atoms with E-state index in [-0.39, 0.29) is 18.4 Å². The van der Waals surface area contributed by atoms with Crippen molar-refractivity contribution in [1.29, 1.82) is 0 Å². The van der Waals surface area contributed by atoms with Gasteiger partial charge in [0.1, 0.15) is 0 Å². The van der Waals surface area contributed by atoms with Crippen LogP contribution in [0.4, 0.5) is 5.69 Å². The highest BCUT2D eigenvalue weighted by molar-refractivity contribution is 6.01. The third kappa shape index (κ3) is 2.60. The number of hydrogen-bond donors (Lipinski definition) is 3. The van der Waals surface area contributed by atoms with E-state index in [0.29, 0.717) is 24.3 Å². The van der Waals surface area contributed by atoms with Crippen LogP contribution in [0.3, 0.4) is 0 Å². The number of hydrazine groups is 1. The Morgan fingerprint density at radius 1 is 1.39 bits per heavy atom. The molecule has 1 aromatic carbocycles. The number of carbonyl (C=O) groups is 2. The van der Waals surface area contributed by atoms with Gasteiger partial charge in [-0.1, -0.05) is 12.1 Å². The summed E-state index contributed by atoms with van der Waals surface area (Å²) in [6.45, 7) is 1.27. The van der Waals surface area contributed by atoms with Crippen molar-refractivity contribution in [3.05, 3.63) is 29.8 Å². The molecule has 6 nitrogen and oxygen atoms in total. The number of amides is 2. The molecule has 1 saturated heterocycles. The number of para-hydroxylation sites is 1. The van der Waals surface area contributed by atoms with Crippen LogP contribution < -0.4 is 16.6 Å². The lowest BCUT2D eigenvalue weighted by Crippen LogP contribution is -2.37. The van der Waals surface area contributed by atoms with Crippen molar-refractivity contribution in [1.82, 2.24) is 10.2 Å². The van der Waals surface area contributed by atoms with E-state index >= 15 is 0 Å². The van der Waals surface area contributed by atoms with Crippen molar-refractivity contribution in [2.24, 2.45) is 5.84 Å². The van der Waals surface area contributed by atoms with Gasteiger partial charge in [0.2, 0.25) is 5.91 Å². The normalized spacial score (nSPS) is 15.8. The molecular weight excluding hydrogens is 232 g/mol. The average molecular weight is 248 g/mol. The Kier molecular flexibility index (Phi) is 3.78. The van der Waals surface area contributed by atoms with Crippen LogP contribution in [-0.4, -0.2) is 36.3 Å². The highest BCUT2D eigenvalue weighted by Gasteiger charge is 2.22. The van der Waals surface area contributed by atoms with Crippen LogP contribution in [0.25, 0.3) is 0 Å². The van der Waals surface area contributed by atoms with Gasteiger partial charge in [-0.05, 0) is 18.6 Å². The molecule has 2 rings (SSSR count). The van der Waals surface area contributed by atoms with E-state index in [1.165, 1.54) is 0 Å². The van der Waals surface area contributed by atoms with Crippen LogP contribution in [0.2, 0.25) is 0 Å². The number of nitrogen functional groups attached to an aromatic ring is 1. The van der Waals surface area contributed by atoms with Crippen molar-refractivity contribution >= 4 is 17.5 Å². The quantitative estimate of drug-likeness (QED) is 0.505. The molecule has 18 heavy (non-hydrogen) atoms. The summed E-state index contributed by atoms with van der Waals surface area (Å²) in [4.78, 5) is 25.3. The standard InChI is InChI=1S/C12H16N4O2/c13-15-10-5-2-1-4-9(10)12(18)16-7-3-6-14-11(17)8-16/h1-2,4-5,15H,3,6-8,13H2,(H,14,17). The monoisotopic (exact) mass is 248 g/mol. The molecule has 1 aliphatic heterocycles. The zero-order chi connectivity index (χ0) is 13.0. The predicted molar refractivity (Wildman–Crippen MR) is 67.8 cm³/mol. The fourth-order valence-electron chi connectivity index (χ4n) is 1.95. The minimum absolute atomic E-state index is 0.0950. The molecule has 0 spiro atoms. The number of carbonyl (C=O) groups excluding carboxylic acids is 2. The summed E-state index contributed by atoms with van der Waals surface area (Å²) in [5.74, 6) is 5.07. The van der Waals surface area contributed by atoms with Crippen LogP contribution in [0.5, 0.6) is 0 Å². The zero-order valence-corrected chi connectivity index (χ0v) is 9.98. The van der Waals surface area contributed by atoms with Crippen molar-refractivity contribution in [2.45, 2.75) is 6.42 Å². The molecule has 0 saturated carbocycles. The van der Waals surface area contributed by atoms with Gasteiger partial charge in [-0.15, -0.1) is 0 Å². The minimum atomic E-state index is -0.180. The second-order valence-corrected chi connectivity index (χ2v) is 4.12. The Labute approximate surface area is 105 Å². The van der Waals surface area contributed by atoms with E-state index in [9.17, 15) is 9.59 Å². The van der Waals surface area contributed by atoms with Crippen LogP contribution in [0.15, 0.2) is 24.3 Å². The molecule has 0 aliphatic carbocycles. The second kappa shape index (κ2) is 5.50. The number of rotatable bonds is 2. The highest BCUT2D eigenvalue weighted by atomic mass is 16.2. The van der Waals surface area contributed by atoms with E-state index in [0.717, 1.165) is 6.42 Å². The molecule has 6 heteroatoms. The first-order chi connectivity index (χ1) is 8.72. The smallest absolute Gasteiger partial charge is 0.256 e. The Balaban J connectivity index is 2.21. The van der Waals surface area contributed by atoms with Crippen molar-refractivity contribution in [3.63, 3.8) is 0 Å². The molecule has 96 valence electrons. The van der Waals surface area contributed by atoms with Gasteiger partial charge in [0, 0.05) is 13.1 Å². The topological polar surface area (TPSA) is 87.5 Å². The molecule has 2 amide bonds. The lowest BCUT2D eigenvalue weighted by Gasteiger charge is -2.20. The number of nitrogens with two attached hydrogens (primary N) is 1. The third-order valence-corrected chi connectivity index (χ3v) is 2.86. The second-order valence-electron chi connectivity index (χ2n) is 4.12. The third-order valence-electron chi connectivity index (χ3n) is 2.86. The molecule has 0 radical (unpaired) electrons. The first-order valence-corrected chi connectivity index (χ1v) is 5.84. The van der Waals surface area contributed by atoms with Gasteiger partial charge in [0.25, 0.3) is 5.91 Å². The van der Waals surface area contributed by atoms with Gasteiger partial charge in [0.05, 0.1) is 17.8 Å². The summed E-state index contributed by atoms with van der Waals surface area (Å²) >= 11 is 0. The van der Waals surface area contributed by atoms with Gasteiger partial charge >= 0.3 is 0 Å². The number of anilines is 1. The number of hydrogen-bond acceptors (Lipinski definition) is 4. The molecule has 1 fully saturated rings. The predicted octanol–water partition coefficient (Wildman–Crippen LogP) is -0.0657. The van der Waals surface area contributed by atoms with Gasteiger partial charge in [-0.25, -0.2) is 0 Å². The summed E-state index contributed by atoms with van der Waals surface area (Å²) in [5.41, 5.74) is 3.54. The Bertz CT molecular complexity index is 461. The largest absolute Gasteiger partial charge is 0.354 e. The van der Waals surface area contributed by atoms with Gasteiger partial charge in [-0.2, -0.15) is 0 Å². The summed E-state index contributed by atoms with van der Waals surface area (Å²) in [7, 11) is 0. The molecule has 0 aromatic heterocycles. The van der Waals surface area contributed by atoms with E-state index in [1.807, 2.05) is 0 Å². The first-order valence-electron chi connectivity index (χ1n) is 5.84. The fourth-order valence-corrected chi connectivity index (χ4v) is 1.95. The molecule has 0 atom stereocenters. The summed E-state index contributed by atoms with van der Waals surface area (Å²) in [5, 5.41) is 2.74. The average Bonchev–Trinajstić information content (AvgIpc) is 2.62. The molecule has 0 bridgehead atoms. The van der Waals surface area contributed by atoms with E-state index in [4.69, 9.17) is 5.84 Å². The van der Waals surface area contributed by atoms with Crippen LogP contribution >= 0.6 is 0 Å². The Hall–Kier alpha value is -2.08. The fraction of sp³-hybridized carbons (Fsp3) is 0.333. The minimum Gasteiger partial charge on any atom is -0.354 e. The van der Waals surface area contributed by atoms with Gasteiger partial charge < -0.3 is 15.6 Å². The van der Waals surface area contributed by atoms with Gasteiger partial charge in [-0.3, -0.25) is 15.4 Å². The zero-order valence-electron chi connectivity index (χ0n) is 9.98. The maximum atomic E-state index is 12.3. The van der Waals surface area contributed by atoms with Gasteiger partial charge in [0.15, 0.2) is 0 Å². The molecule has 1 heterocycles. The van der Waals surface area contributed by atoms with Crippen LogP contribution in [0, 0.1) is 0 Å². The summed E-state index contributed by atoms with van der Waals surface area (Å²) in [6, 6.07) is 6.98. The lowest BCUT2D eigenvalue weighted by molar-refractivity contribution is -0.121. The molecule has 1 aromatic rings. The maximum absolute atomic E-state index is 12.3. The van der Waals surface area contributed by atoms with Crippen LogP contribution in [0.1, 0.15) is 16.8 Å². The first kappa shape index (κ1) is 12.4. The molecule has 1 aliphatic rings. The Morgan fingerprint density at radius 2 is 2.17 bits per heavy atom. The maximum Gasteiger partial charge on any atom is 0.256 e. The number of benzene rings is 1. The number of nitrogens with one attached hydrogen (secondary N) is 2.